The van der Waals surface area contributed by atoms with Crippen LogP contribution in [0.25, 0.3) is 22.3 Å². The molecule has 0 bridgehead atoms. The highest BCUT2D eigenvalue weighted by molar-refractivity contribution is 5.92. The first-order valence-corrected chi connectivity index (χ1v) is 12.0. The molecule has 1 aromatic heterocycles. The van der Waals surface area contributed by atoms with Crippen molar-refractivity contribution >= 4 is 28.8 Å². The number of carbonyl (C=O) groups is 2. The molecular weight excluding hydrogens is 483 g/mol. The molecule has 2 aromatic carbocycles. The zero-order valence-electron chi connectivity index (χ0n) is 20.9. The van der Waals surface area contributed by atoms with Gasteiger partial charge in [0.15, 0.2) is 5.82 Å². The minimum absolute atomic E-state index is 0.0959. The summed E-state index contributed by atoms with van der Waals surface area (Å²) in [6.45, 7) is 2.42. The highest BCUT2D eigenvalue weighted by atomic mass is 19.1. The van der Waals surface area contributed by atoms with E-state index in [2.05, 4.69) is 15.3 Å². The van der Waals surface area contributed by atoms with Crippen LogP contribution in [0.15, 0.2) is 36.4 Å². The van der Waals surface area contributed by atoms with E-state index in [0.717, 1.165) is 25.0 Å². The zero-order chi connectivity index (χ0) is 26.5. The second-order valence-electron chi connectivity index (χ2n) is 8.68. The molecule has 2 atom stereocenters. The molecule has 1 saturated heterocycles. The first-order chi connectivity index (χ1) is 17.8. The van der Waals surface area contributed by atoms with Crippen LogP contribution in [0.3, 0.4) is 0 Å². The number of phenols is 1. The van der Waals surface area contributed by atoms with Crippen molar-refractivity contribution in [3.05, 3.63) is 42.2 Å². The Kier molecular flexibility index (Phi) is 7.90. The summed E-state index contributed by atoms with van der Waals surface area (Å²) >= 11 is 0. The normalized spacial score (nSPS) is 17.0. The van der Waals surface area contributed by atoms with Gasteiger partial charge in [0, 0.05) is 30.5 Å². The fraction of sp³-hybridized carbons (Fsp3) is 0.385. The Morgan fingerprint density at radius 2 is 2.00 bits per heavy atom. The SMILES string of the molecule is CCCCOC(=O)N1CC(Nc2nc(-c3cc(F)ccc3O)nc3cc(OC)ccc23)CC1C(=O)OC. The van der Waals surface area contributed by atoms with Crippen molar-refractivity contribution in [1.82, 2.24) is 14.9 Å². The average Bonchev–Trinajstić information content (AvgIpc) is 3.33. The van der Waals surface area contributed by atoms with Crippen molar-refractivity contribution < 1.29 is 33.3 Å². The molecule has 2 heterocycles. The number of unbranched alkanes of at least 4 members (excludes halogenated alkanes) is 1. The quantitative estimate of drug-likeness (QED) is 0.339. The van der Waals surface area contributed by atoms with E-state index < -0.39 is 23.9 Å². The molecule has 1 fully saturated rings. The highest BCUT2D eigenvalue weighted by Gasteiger charge is 2.41. The third kappa shape index (κ3) is 5.65. The number of fused-ring (bicyclic) bond motifs is 1. The molecule has 3 aromatic rings. The molecule has 0 saturated carbocycles. The van der Waals surface area contributed by atoms with E-state index in [1.54, 1.807) is 18.2 Å². The fourth-order valence-electron chi connectivity index (χ4n) is 4.24. The van der Waals surface area contributed by atoms with Gasteiger partial charge in [0.25, 0.3) is 0 Å². The van der Waals surface area contributed by atoms with E-state index in [9.17, 15) is 19.1 Å². The Hall–Kier alpha value is -4.15. The number of phenolic OH excluding ortho intramolecular Hbond substituents is 1. The summed E-state index contributed by atoms with van der Waals surface area (Å²) in [6, 6.07) is 7.55. The number of anilines is 1. The number of methoxy groups -OCH3 is 2. The van der Waals surface area contributed by atoms with Crippen LogP contribution in [0.4, 0.5) is 15.0 Å². The minimum Gasteiger partial charge on any atom is -0.507 e. The number of halogens is 1. The van der Waals surface area contributed by atoms with Gasteiger partial charge in [-0.05, 0) is 36.8 Å². The van der Waals surface area contributed by atoms with Gasteiger partial charge in [-0.15, -0.1) is 0 Å². The van der Waals surface area contributed by atoms with E-state index in [4.69, 9.17) is 14.2 Å². The third-order valence-electron chi connectivity index (χ3n) is 6.18. The van der Waals surface area contributed by atoms with E-state index in [1.807, 2.05) is 6.92 Å². The second kappa shape index (κ2) is 11.3. The van der Waals surface area contributed by atoms with E-state index >= 15 is 0 Å². The van der Waals surface area contributed by atoms with Crippen molar-refractivity contribution in [2.75, 3.05) is 32.7 Å². The molecule has 2 unspecified atom stereocenters. The predicted molar refractivity (Wildman–Crippen MR) is 134 cm³/mol. The molecule has 0 aliphatic carbocycles. The predicted octanol–water partition coefficient (Wildman–Crippen LogP) is 4.11. The number of aromatic hydroxyl groups is 1. The van der Waals surface area contributed by atoms with E-state index in [-0.39, 0.29) is 42.8 Å². The molecule has 2 N–H and O–H groups in total. The van der Waals surface area contributed by atoms with E-state index in [0.29, 0.717) is 22.5 Å². The number of rotatable bonds is 8. The molecule has 4 rings (SSSR count). The van der Waals surface area contributed by atoms with Gasteiger partial charge in [0.1, 0.15) is 29.2 Å². The summed E-state index contributed by atoms with van der Waals surface area (Å²) in [5.41, 5.74) is 0.613. The monoisotopic (exact) mass is 512 g/mol. The van der Waals surface area contributed by atoms with Gasteiger partial charge in [0.05, 0.1) is 31.9 Å². The van der Waals surface area contributed by atoms with E-state index in [1.165, 1.54) is 25.2 Å². The number of likely N-dealkylation sites (tertiary alicyclic amines) is 1. The van der Waals surface area contributed by atoms with Gasteiger partial charge >= 0.3 is 12.1 Å². The molecule has 37 heavy (non-hydrogen) atoms. The van der Waals surface area contributed by atoms with Crippen LogP contribution < -0.4 is 10.1 Å². The molecule has 0 spiro atoms. The molecule has 1 aliphatic heterocycles. The summed E-state index contributed by atoms with van der Waals surface area (Å²) < 4.78 is 29.6. The van der Waals surface area contributed by atoms with Gasteiger partial charge < -0.3 is 24.6 Å². The number of ether oxygens (including phenoxy) is 3. The molecular formula is C26H29FN4O6. The topological polar surface area (TPSA) is 123 Å². The van der Waals surface area contributed by atoms with Crippen LogP contribution in [-0.4, -0.2) is 71.5 Å². The standard InChI is InChI=1S/C26H29FN4O6/c1-4-5-10-37-26(34)31-14-16(12-21(31)25(33)36-3)28-23-18-8-7-17(35-2)13-20(18)29-24(30-23)19-11-15(27)6-9-22(19)32/h6-9,11,13,16,21,32H,4-5,10,12,14H2,1-3H3,(H,28,29,30). The third-order valence-corrected chi connectivity index (χ3v) is 6.18. The zero-order valence-corrected chi connectivity index (χ0v) is 20.9. The van der Waals surface area contributed by atoms with Crippen molar-refractivity contribution in [1.29, 1.82) is 0 Å². The van der Waals surface area contributed by atoms with Crippen LogP contribution in [0.2, 0.25) is 0 Å². The lowest BCUT2D eigenvalue weighted by molar-refractivity contribution is -0.145. The lowest BCUT2D eigenvalue weighted by atomic mass is 10.1. The van der Waals surface area contributed by atoms with Gasteiger partial charge in [0.2, 0.25) is 0 Å². The lowest BCUT2D eigenvalue weighted by Crippen LogP contribution is -2.41. The Morgan fingerprint density at radius 3 is 2.73 bits per heavy atom. The van der Waals surface area contributed by atoms with Crippen LogP contribution >= 0.6 is 0 Å². The average molecular weight is 513 g/mol. The Labute approximate surface area is 213 Å². The molecule has 10 nitrogen and oxygen atoms in total. The van der Waals surface area contributed by atoms with Gasteiger partial charge in [-0.3, -0.25) is 4.90 Å². The number of benzene rings is 2. The number of carbonyl (C=O) groups excluding carboxylic acids is 2. The number of amides is 1. The maximum atomic E-state index is 14.0. The van der Waals surface area contributed by atoms with Gasteiger partial charge in [-0.1, -0.05) is 13.3 Å². The largest absolute Gasteiger partial charge is 0.507 e. The molecule has 11 heteroatoms. The maximum absolute atomic E-state index is 14.0. The first-order valence-electron chi connectivity index (χ1n) is 12.0. The number of nitrogens with one attached hydrogen (secondary N) is 1. The first kappa shape index (κ1) is 25.9. The van der Waals surface area contributed by atoms with Crippen LogP contribution in [0.5, 0.6) is 11.5 Å². The van der Waals surface area contributed by atoms with Gasteiger partial charge in [-0.2, -0.15) is 0 Å². The fourth-order valence-corrected chi connectivity index (χ4v) is 4.24. The molecule has 1 aliphatic rings. The minimum atomic E-state index is -0.823. The number of hydrogen-bond acceptors (Lipinski definition) is 9. The summed E-state index contributed by atoms with van der Waals surface area (Å²) in [7, 11) is 2.80. The van der Waals surface area contributed by atoms with Crippen molar-refractivity contribution in [3.63, 3.8) is 0 Å². The van der Waals surface area contributed by atoms with Gasteiger partial charge in [-0.25, -0.2) is 23.9 Å². The summed E-state index contributed by atoms with van der Waals surface area (Å²) in [5.74, 6) is -0.230. The Bertz CT molecular complexity index is 1300. The van der Waals surface area contributed by atoms with Crippen molar-refractivity contribution in [2.45, 2.75) is 38.3 Å². The Balaban J connectivity index is 1.69. The Morgan fingerprint density at radius 1 is 1.19 bits per heavy atom. The number of nitrogens with zero attached hydrogens (tertiary/aromatic N) is 3. The van der Waals surface area contributed by atoms with Crippen molar-refractivity contribution in [3.8, 4) is 22.9 Å². The summed E-state index contributed by atoms with van der Waals surface area (Å²) in [5, 5.41) is 14.3. The highest BCUT2D eigenvalue weighted by Crippen LogP contribution is 2.33. The second-order valence-corrected chi connectivity index (χ2v) is 8.68. The smallest absolute Gasteiger partial charge is 0.410 e. The summed E-state index contributed by atoms with van der Waals surface area (Å²) in [4.78, 5) is 35.6. The number of aromatic nitrogens is 2. The van der Waals surface area contributed by atoms with Crippen LogP contribution in [0, 0.1) is 5.82 Å². The van der Waals surface area contributed by atoms with Crippen LogP contribution in [-0.2, 0) is 14.3 Å². The lowest BCUT2D eigenvalue weighted by Gasteiger charge is -2.21. The number of esters is 1. The molecule has 196 valence electrons. The molecule has 1 amide bonds. The maximum Gasteiger partial charge on any atom is 0.410 e. The molecule has 0 radical (unpaired) electrons. The number of hydrogen-bond donors (Lipinski definition) is 2. The summed E-state index contributed by atoms with van der Waals surface area (Å²) in [6.07, 6.45) is 1.26. The van der Waals surface area contributed by atoms with Crippen molar-refractivity contribution in [2.24, 2.45) is 0 Å². The van der Waals surface area contributed by atoms with Crippen LogP contribution in [0.1, 0.15) is 26.2 Å².